The molecule has 1 aromatic carbocycles. The van der Waals surface area contributed by atoms with Gasteiger partial charge in [-0.3, -0.25) is 0 Å². The van der Waals surface area contributed by atoms with Gasteiger partial charge in [0.05, 0.1) is 23.7 Å². The summed E-state index contributed by atoms with van der Waals surface area (Å²) in [5, 5.41) is 12.3. The van der Waals surface area contributed by atoms with Gasteiger partial charge in [0.25, 0.3) is 0 Å². The van der Waals surface area contributed by atoms with E-state index in [0.29, 0.717) is 31.2 Å². The van der Waals surface area contributed by atoms with Crippen molar-refractivity contribution in [1.82, 2.24) is 10.2 Å². The molecule has 0 aromatic heterocycles. The van der Waals surface area contributed by atoms with E-state index in [2.05, 4.69) is 26.1 Å². The minimum Gasteiger partial charge on any atom is -0.465 e. The molecule has 2 amide bonds. The second-order valence-corrected chi connectivity index (χ2v) is 11.1. The second kappa shape index (κ2) is 8.75. The van der Waals surface area contributed by atoms with Crippen molar-refractivity contribution in [1.29, 1.82) is 0 Å². The standard InChI is InChI=1S/C25H35BN2O6/c1-24(2)17-13-19(24)25(3)20(14-17)33-26(34-25)21(12-16-8-5-4-6-9-16)27-22(29)32-15-18-10-7-11-28(18)23(30)31/h4-6,8-9,17-21H,7,10-15H2,1-3H3,(H,27,29)(H,30,31)/t17-,18+,19-,20+,21-,25-/m0/s1. The first-order valence-corrected chi connectivity index (χ1v) is 12.5. The minimum absolute atomic E-state index is 0.0213. The van der Waals surface area contributed by atoms with Gasteiger partial charge in [-0.05, 0) is 61.8 Å². The molecule has 3 saturated carbocycles. The minimum atomic E-state index is -0.974. The zero-order chi connectivity index (χ0) is 24.1. The molecular weight excluding hydrogens is 435 g/mol. The molecule has 34 heavy (non-hydrogen) atoms. The number of alkyl carbamates (subject to hydrolysis) is 1. The van der Waals surface area contributed by atoms with E-state index < -0.39 is 25.2 Å². The molecule has 6 atom stereocenters. The van der Waals surface area contributed by atoms with Crippen LogP contribution in [-0.2, 0) is 20.5 Å². The third-order valence-electron chi connectivity index (χ3n) is 8.93. The van der Waals surface area contributed by atoms with Gasteiger partial charge in [-0.25, -0.2) is 9.59 Å². The molecule has 0 radical (unpaired) electrons. The van der Waals surface area contributed by atoms with E-state index in [0.717, 1.165) is 24.8 Å². The van der Waals surface area contributed by atoms with Gasteiger partial charge < -0.3 is 29.4 Å². The summed E-state index contributed by atoms with van der Waals surface area (Å²) in [6.45, 7) is 7.33. The van der Waals surface area contributed by atoms with Crippen LogP contribution < -0.4 is 5.32 Å². The Bertz CT molecular complexity index is 929. The summed E-state index contributed by atoms with van der Waals surface area (Å²) in [6, 6.07) is 9.65. The van der Waals surface area contributed by atoms with E-state index in [1.54, 1.807) is 0 Å². The quantitative estimate of drug-likeness (QED) is 0.615. The first-order valence-electron chi connectivity index (χ1n) is 12.5. The molecule has 2 N–H and O–H groups in total. The lowest BCUT2D eigenvalue weighted by atomic mass is 9.43. The molecule has 2 aliphatic heterocycles. The van der Waals surface area contributed by atoms with Crippen LogP contribution >= 0.6 is 0 Å². The highest BCUT2D eigenvalue weighted by molar-refractivity contribution is 6.47. The smallest absolute Gasteiger partial charge is 0.465 e. The fourth-order valence-corrected chi connectivity index (χ4v) is 6.78. The van der Waals surface area contributed by atoms with Crippen molar-refractivity contribution in [3.05, 3.63) is 35.9 Å². The number of hydrogen-bond acceptors (Lipinski definition) is 5. The fourth-order valence-electron chi connectivity index (χ4n) is 6.78. The molecule has 0 unspecified atom stereocenters. The summed E-state index contributed by atoms with van der Waals surface area (Å²) in [5.74, 6) is 0.659. The molecule has 9 heteroatoms. The van der Waals surface area contributed by atoms with Crippen LogP contribution in [0, 0.1) is 17.3 Å². The first-order chi connectivity index (χ1) is 16.2. The highest BCUT2D eigenvalue weighted by Gasteiger charge is 2.68. The molecule has 5 fully saturated rings. The van der Waals surface area contributed by atoms with E-state index in [1.807, 2.05) is 30.3 Å². The van der Waals surface area contributed by atoms with E-state index in [1.165, 1.54) is 4.90 Å². The zero-order valence-electron chi connectivity index (χ0n) is 20.2. The molecule has 2 heterocycles. The molecule has 6 rings (SSSR count). The maximum absolute atomic E-state index is 12.8. The summed E-state index contributed by atoms with van der Waals surface area (Å²) >= 11 is 0. The van der Waals surface area contributed by atoms with Crippen molar-refractivity contribution in [2.75, 3.05) is 13.2 Å². The number of carboxylic acid groups (broad SMARTS) is 1. The van der Waals surface area contributed by atoms with Crippen molar-refractivity contribution in [2.45, 2.75) is 76.6 Å². The van der Waals surface area contributed by atoms with Crippen molar-refractivity contribution < 1.29 is 28.7 Å². The predicted molar refractivity (Wildman–Crippen MR) is 126 cm³/mol. The fraction of sp³-hybridized carbons (Fsp3) is 0.680. The Hall–Kier alpha value is -2.26. The van der Waals surface area contributed by atoms with Gasteiger partial charge in [-0.15, -0.1) is 0 Å². The predicted octanol–water partition coefficient (Wildman–Crippen LogP) is 3.73. The topological polar surface area (TPSA) is 97.3 Å². The molecule has 2 bridgehead atoms. The van der Waals surface area contributed by atoms with Crippen molar-refractivity contribution in [3.8, 4) is 0 Å². The Kier molecular flexibility index (Phi) is 6.05. The van der Waals surface area contributed by atoms with Gasteiger partial charge in [0, 0.05) is 6.54 Å². The number of benzene rings is 1. The van der Waals surface area contributed by atoms with Crippen LogP contribution in [0.5, 0.6) is 0 Å². The number of amides is 2. The Morgan fingerprint density at radius 2 is 2.03 bits per heavy atom. The molecule has 0 spiro atoms. The summed E-state index contributed by atoms with van der Waals surface area (Å²) < 4.78 is 18.5. The summed E-state index contributed by atoms with van der Waals surface area (Å²) in [4.78, 5) is 25.5. The Morgan fingerprint density at radius 3 is 2.74 bits per heavy atom. The molecule has 3 aliphatic carbocycles. The Balaban J connectivity index is 1.27. The van der Waals surface area contributed by atoms with E-state index in [-0.39, 0.29) is 29.8 Å². The largest absolute Gasteiger partial charge is 0.482 e. The highest BCUT2D eigenvalue weighted by Crippen LogP contribution is 2.65. The molecule has 184 valence electrons. The van der Waals surface area contributed by atoms with Crippen molar-refractivity contribution in [2.24, 2.45) is 17.3 Å². The third-order valence-corrected chi connectivity index (χ3v) is 8.93. The first kappa shape index (κ1) is 23.5. The summed E-state index contributed by atoms with van der Waals surface area (Å²) in [5.41, 5.74) is 0.940. The number of ether oxygens (including phenoxy) is 1. The average molecular weight is 470 g/mol. The second-order valence-electron chi connectivity index (χ2n) is 11.1. The lowest BCUT2D eigenvalue weighted by molar-refractivity contribution is -0.199. The SMILES string of the molecule is CC1(C)[C@@H]2C[C@H]3OB([C@H](Cc4ccccc4)NC(=O)OC[C@H]4CCCN4C(=O)O)O[C@@]3(C)[C@H]1C2. The number of likely N-dealkylation sites (tertiary alicyclic amines) is 1. The Morgan fingerprint density at radius 1 is 1.26 bits per heavy atom. The summed E-state index contributed by atoms with van der Waals surface area (Å²) in [7, 11) is -0.570. The molecule has 8 nitrogen and oxygen atoms in total. The van der Waals surface area contributed by atoms with Crippen LogP contribution in [0.4, 0.5) is 9.59 Å². The molecular formula is C25H35BN2O6. The van der Waals surface area contributed by atoms with E-state index in [4.69, 9.17) is 14.0 Å². The highest BCUT2D eigenvalue weighted by atomic mass is 16.7. The number of carbonyl (C=O) groups is 2. The van der Waals surface area contributed by atoms with Gasteiger partial charge >= 0.3 is 19.3 Å². The number of nitrogens with one attached hydrogen (secondary N) is 1. The number of nitrogens with zero attached hydrogens (tertiary/aromatic N) is 1. The van der Waals surface area contributed by atoms with Gasteiger partial charge in [-0.2, -0.15) is 0 Å². The molecule has 5 aliphatic rings. The number of rotatable bonds is 6. The lowest BCUT2D eigenvalue weighted by Crippen LogP contribution is -2.65. The van der Waals surface area contributed by atoms with Crippen molar-refractivity contribution in [3.63, 3.8) is 0 Å². The van der Waals surface area contributed by atoms with E-state index >= 15 is 0 Å². The maximum atomic E-state index is 12.8. The monoisotopic (exact) mass is 470 g/mol. The molecule has 1 aromatic rings. The van der Waals surface area contributed by atoms with Gasteiger partial charge in [0.2, 0.25) is 0 Å². The van der Waals surface area contributed by atoms with E-state index in [9.17, 15) is 14.7 Å². The normalized spacial score (nSPS) is 34.2. The third kappa shape index (κ3) is 4.07. The number of hydrogen-bond donors (Lipinski definition) is 2. The number of carbonyl (C=O) groups excluding carboxylic acids is 1. The average Bonchev–Trinajstić information content (AvgIpc) is 3.41. The van der Waals surface area contributed by atoms with Crippen LogP contribution in [0.25, 0.3) is 0 Å². The van der Waals surface area contributed by atoms with Crippen LogP contribution in [0.3, 0.4) is 0 Å². The Labute approximate surface area is 201 Å². The molecule has 2 saturated heterocycles. The van der Waals surface area contributed by atoms with Crippen LogP contribution in [-0.4, -0.2) is 66.2 Å². The van der Waals surface area contributed by atoms with Crippen LogP contribution in [0.1, 0.15) is 52.0 Å². The zero-order valence-corrected chi connectivity index (χ0v) is 20.2. The maximum Gasteiger partial charge on any atom is 0.482 e. The van der Waals surface area contributed by atoms with Gasteiger partial charge in [-0.1, -0.05) is 44.2 Å². The van der Waals surface area contributed by atoms with Crippen LogP contribution in [0.2, 0.25) is 0 Å². The van der Waals surface area contributed by atoms with Crippen LogP contribution in [0.15, 0.2) is 30.3 Å². The lowest BCUT2D eigenvalue weighted by Gasteiger charge is -2.64. The van der Waals surface area contributed by atoms with Gasteiger partial charge in [0.1, 0.15) is 6.61 Å². The van der Waals surface area contributed by atoms with Gasteiger partial charge in [0.15, 0.2) is 0 Å². The van der Waals surface area contributed by atoms with Crippen molar-refractivity contribution >= 4 is 19.3 Å². The summed E-state index contributed by atoms with van der Waals surface area (Å²) in [6.07, 6.45) is 2.63.